The highest BCUT2D eigenvalue weighted by molar-refractivity contribution is 6.31. The fourth-order valence-electron chi connectivity index (χ4n) is 8.02. The molecule has 0 saturated heterocycles. The zero-order valence-electron chi connectivity index (χ0n) is 29.1. The third kappa shape index (κ3) is 6.63. The molecule has 0 saturated carbocycles. The largest absolute Gasteiger partial charge is 0.228 e. The van der Waals surface area contributed by atoms with Crippen LogP contribution in [0.1, 0.15) is 59.2 Å². The smallest absolute Gasteiger partial charge is 0.160 e. The molecular weight excluding hydrogens is 652 g/mol. The molecule has 0 fully saturated rings. The zero-order chi connectivity index (χ0) is 34.9. The molecule has 0 amide bonds. The molecule has 2 unspecified atom stereocenters. The molecule has 3 heteroatoms. The molecule has 2 nitrogen and oxygen atoms in total. The van der Waals surface area contributed by atoms with Crippen LogP contribution in [0.15, 0.2) is 169 Å². The Morgan fingerprint density at radius 1 is 0.615 bits per heavy atom. The average molecular weight is 691 g/mol. The van der Waals surface area contributed by atoms with E-state index < -0.39 is 0 Å². The molecule has 1 heterocycles. The van der Waals surface area contributed by atoms with Gasteiger partial charge >= 0.3 is 0 Å². The van der Waals surface area contributed by atoms with Crippen LogP contribution in [-0.4, -0.2) is 9.97 Å². The van der Waals surface area contributed by atoms with Gasteiger partial charge in [-0.1, -0.05) is 151 Å². The van der Waals surface area contributed by atoms with E-state index in [1.807, 2.05) is 12.1 Å². The number of hydrogen-bond donors (Lipinski definition) is 0. The first-order chi connectivity index (χ1) is 25.6. The minimum atomic E-state index is 0.230. The van der Waals surface area contributed by atoms with Gasteiger partial charge in [0.2, 0.25) is 0 Å². The van der Waals surface area contributed by atoms with Crippen molar-refractivity contribution in [2.45, 2.75) is 43.9 Å². The summed E-state index contributed by atoms with van der Waals surface area (Å²) in [7, 11) is 0. The molecule has 2 atom stereocenters. The van der Waals surface area contributed by atoms with Gasteiger partial charge in [-0.15, -0.1) is 0 Å². The predicted octanol–water partition coefficient (Wildman–Crippen LogP) is 12.9. The van der Waals surface area contributed by atoms with Gasteiger partial charge in [-0.25, -0.2) is 9.97 Å². The van der Waals surface area contributed by atoms with Gasteiger partial charge in [-0.3, -0.25) is 0 Å². The SMILES string of the molecule is ClC1=CCC(c2cc(-c3ccc(CC4Cc5ccccc5-c5ccccc54)cc3)cc(-c3cc(-c4ccccc4)nc(C4=CCCC=C4)n3)c2)C=C1. The summed E-state index contributed by atoms with van der Waals surface area (Å²) in [6, 6.07) is 46.6. The standard InChI is InChI=1S/C49H39ClN2/c50-43-25-23-35(24-26-43)40-29-39(30-42(31-40)48-32-47(36-11-3-1-4-12-36)51-49(52-48)37-13-5-2-6-14-37)34-21-19-33(20-22-34)27-41-28-38-15-7-8-16-44(38)46-18-10-9-17-45(41)46/h1,3-5,7-23,25-26,29-32,35,41H,2,6,24,27-28H2. The summed E-state index contributed by atoms with van der Waals surface area (Å²) < 4.78 is 0. The summed E-state index contributed by atoms with van der Waals surface area (Å²) >= 11 is 6.37. The lowest BCUT2D eigenvalue weighted by Crippen LogP contribution is -2.13. The van der Waals surface area contributed by atoms with E-state index in [4.69, 9.17) is 21.6 Å². The summed E-state index contributed by atoms with van der Waals surface area (Å²) in [6.07, 6.45) is 18.0. The van der Waals surface area contributed by atoms with Crippen molar-refractivity contribution in [3.8, 4) is 44.8 Å². The van der Waals surface area contributed by atoms with Gasteiger partial charge in [0.1, 0.15) is 0 Å². The summed E-state index contributed by atoms with van der Waals surface area (Å²) in [5, 5.41) is 0.800. The molecule has 0 aliphatic heterocycles. The Balaban J connectivity index is 1.09. The number of hydrogen-bond acceptors (Lipinski definition) is 2. The highest BCUT2D eigenvalue weighted by Gasteiger charge is 2.24. The molecule has 3 aliphatic rings. The van der Waals surface area contributed by atoms with Crippen LogP contribution in [0.25, 0.3) is 50.3 Å². The number of allylic oxidation sites excluding steroid dienone is 8. The fourth-order valence-corrected chi connectivity index (χ4v) is 8.18. The molecule has 0 radical (unpaired) electrons. The zero-order valence-corrected chi connectivity index (χ0v) is 29.8. The van der Waals surface area contributed by atoms with Gasteiger partial charge in [0, 0.05) is 27.7 Å². The molecule has 0 spiro atoms. The molecule has 3 aliphatic carbocycles. The third-order valence-corrected chi connectivity index (χ3v) is 11.0. The Hall–Kier alpha value is -5.57. The number of aromatic nitrogens is 2. The van der Waals surface area contributed by atoms with E-state index >= 15 is 0 Å². The maximum atomic E-state index is 6.37. The highest BCUT2D eigenvalue weighted by atomic mass is 35.5. The van der Waals surface area contributed by atoms with Crippen LogP contribution < -0.4 is 0 Å². The minimum Gasteiger partial charge on any atom is -0.228 e. The molecular formula is C49H39ClN2. The average Bonchev–Trinajstić information content (AvgIpc) is 3.22. The van der Waals surface area contributed by atoms with Crippen LogP contribution in [0.2, 0.25) is 0 Å². The lowest BCUT2D eigenvalue weighted by Gasteiger charge is -2.28. The second-order valence-corrected chi connectivity index (χ2v) is 14.6. The second kappa shape index (κ2) is 14.2. The van der Waals surface area contributed by atoms with E-state index in [1.165, 1.54) is 44.5 Å². The molecule has 252 valence electrons. The summed E-state index contributed by atoms with van der Waals surface area (Å²) in [6.45, 7) is 0. The monoisotopic (exact) mass is 690 g/mol. The van der Waals surface area contributed by atoms with E-state index in [0.717, 1.165) is 71.0 Å². The van der Waals surface area contributed by atoms with E-state index in [9.17, 15) is 0 Å². The molecule has 0 bridgehead atoms. The first kappa shape index (κ1) is 32.3. The van der Waals surface area contributed by atoms with Gasteiger partial charge in [0.15, 0.2) is 5.82 Å². The van der Waals surface area contributed by atoms with Gasteiger partial charge < -0.3 is 0 Å². The van der Waals surface area contributed by atoms with Gasteiger partial charge in [-0.05, 0) is 107 Å². The summed E-state index contributed by atoms with van der Waals surface area (Å²) in [4.78, 5) is 10.3. The predicted molar refractivity (Wildman–Crippen MR) is 217 cm³/mol. The van der Waals surface area contributed by atoms with E-state index in [1.54, 1.807) is 0 Å². The molecule has 1 aromatic heterocycles. The Morgan fingerprint density at radius 2 is 1.37 bits per heavy atom. The van der Waals surface area contributed by atoms with Gasteiger partial charge in [0.25, 0.3) is 0 Å². The number of rotatable bonds is 7. The Bertz CT molecular complexity index is 2400. The van der Waals surface area contributed by atoms with Crippen molar-refractivity contribution in [1.29, 1.82) is 0 Å². The Morgan fingerprint density at radius 3 is 2.15 bits per heavy atom. The lowest BCUT2D eigenvalue weighted by atomic mass is 9.76. The third-order valence-electron chi connectivity index (χ3n) is 10.7. The topological polar surface area (TPSA) is 25.8 Å². The van der Waals surface area contributed by atoms with Gasteiger partial charge in [0.05, 0.1) is 11.4 Å². The fraction of sp³-hybridized carbons (Fsp3) is 0.143. The number of nitrogens with zero attached hydrogens (tertiary/aromatic N) is 2. The molecule has 5 aromatic carbocycles. The van der Waals surface area contributed by atoms with Crippen LogP contribution in [0.3, 0.4) is 0 Å². The first-order valence-corrected chi connectivity index (χ1v) is 18.8. The second-order valence-electron chi connectivity index (χ2n) is 14.1. The van der Waals surface area contributed by atoms with Crippen LogP contribution in [-0.2, 0) is 12.8 Å². The van der Waals surface area contributed by atoms with Crippen molar-refractivity contribution in [3.05, 3.63) is 197 Å². The number of halogens is 1. The van der Waals surface area contributed by atoms with E-state index in [2.05, 4.69) is 152 Å². The Kier molecular flexibility index (Phi) is 8.84. The van der Waals surface area contributed by atoms with Crippen molar-refractivity contribution in [1.82, 2.24) is 9.97 Å². The Labute approximate surface area is 311 Å². The van der Waals surface area contributed by atoms with Crippen LogP contribution in [0.5, 0.6) is 0 Å². The summed E-state index contributed by atoms with van der Waals surface area (Å²) in [5.74, 6) is 1.45. The van der Waals surface area contributed by atoms with Crippen LogP contribution in [0.4, 0.5) is 0 Å². The normalized spacial score (nSPS) is 17.6. The van der Waals surface area contributed by atoms with E-state index in [-0.39, 0.29) is 5.92 Å². The van der Waals surface area contributed by atoms with Crippen molar-refractivity contribution in [3.63, 3.8) is 0 Å². The lowest BCUT2D eigenvalue weighted by molar-refractivity contribution is 0.673. The number of benzene rings is 5. The number of fused-ring (bicyclic) bond motifs is 3. The van der Waals surface area contributed by atoms with Crippen LogP contribution in [0, 0.1) is 0 Å². The molecule has 52 heavy (non-hydrogen) atoms. The molecule has 9 rings (SSSR count). The first-order valence-electron chi connectivity index (χ1n) is 18.4. The maximum absolute atomic E-state index is 6.37. The molecule has 0 N–H and O–H groups in total. The van der Waals surface area contributed by atoms with Gasteiger partial charge in [-0.2, -0.15) is 0 Å². The van der Waals surface area contributed by atoms with E-state index in [0.29, 0.717) is 5.92 Å². The quantitative estimate of drug-likeness (QED) is 0.167. The minimum absolute atomic E-state index is 0.230. The molecule has 6 aromatic rings. The van der Waals surface area contributed by atoms with Crippen LogP contribution >= 0.6 is 11.6 Å². The highest BCUT2D eigenvalue weighted by Crippen LogP contribution is 2.41. The van der Waals surface area contributed by atoms with Crippen molar-refractivity contribution >= 4 is 17.2 Å². The van der Waals surface area contributed by atoms with Crippen molar-refractivity contribution in [2.75, 3.05) is 0 Å². The maximum Gasteiger partial charge on any atom is 0.160 e. The summed E-state index contributed by atoms with van der Waals surface area (Å²) in [5.41, 5.74) is 15.7. The van der Waals surface area contributed by atoms with Crippen molar-refractivity contribution in [2.24, 2.45) is 0 Å². The van der Waals surface area contributed by atoms with Crippen molar-refractivity contribution < 1.29 is 0 Å².